The van der Waals surface area contributed by atoms with Crippen LogP contribution in [0.1, 0.15) is 37.5 Å². The number of imide groups is 1. The molecule has 1 aliphatic rings. The van der Waals surface area contributed by atoms with Gasteiger partial charge in [-0.2, -0.15) is 0 Å². The molecule has 4 aromatic carbocycles. The number of fused-ring (bicyclic) bond motifs is 1. The van der Waals surface area contributed by atoms with E-state index in [1.807, 2.05) is 78.9 Å². The number of amides is 2. The summed E-state index contributed by atoms with van der Waals surface area (Å²) < 4.78 is 11.7. The molecule has 0 bridgehead atoms. The third-order valence-corrected chi connectivity index (χ3v) is 7.49. The van der Waals surface area contributed by atoms with Crippen LogP contribution in [-0.4, -0.2) is 29.3 Å². The monoisotopic (exact) mass is 537 g/mol. The van der Waals surface area contributed by atoms with Crippen LogP contribution in [0.15, 0.2) is 95.9 Å². The van der Waals surface area contributed by atoms with Crippen LogP contribution in [0.25, 0.3) is 16.8 Å². The number of hydrogen-bond acceptors (Lipinski definition) is 5. The standard InChI is InChI=1S/C33H31NO4S/c1-33(2,3)26-14-16-27(17-15-26)37-18-19-38-28-12-6-8-23(20-28)21-30-31(35)34(32(36)39-30)22-25-11-7-10-24-9-4-5-13-29(24)25/h4-17,20-21H,18-19,22H2,1-3H3/b30-21-. The van der Waals surface area contributed by atoms with Crippen LogP contribution in [0.3, 0.4) is 0 Å². The highest BCUT2D eigenvalue weighted by molar-refractivity contribution is 8.18. The number of thioether (sulfide) groups is 1. The van der Waals surface area contributed by atoms with Crippen molar-refractivity contribution in [3.63, 3.8) is 0 Å². The summed E-state index contributed by atoms with van der Waals surface area (Å²) in [6.45, 7) is 7.58. The van der Waals surface area contributed by atoms with E-state index in [9.17, 15) is 9.59 Å². The highest BCUT2D eigenvalue weighted by atomic mass is 32.2. The molecule has 0 spiro atoms. The van der Waals surface area contributed by atoms with Crippen LogP contribution in [0, 0.1) is 0 Å². The van der Waals surface area contributed by atoms with Gasteiger partial charge < -0.3 is 9.47 Å². The number of hydrogen-bond donors (Lipinski definition) is 0. The Morgan fingerprint density at radius 3 is 2.26 bits per heavy atom. The molecule has 1 saturated heterocycles. The van der Waals surface area contributed by atoms with Gasteiger partial charge in [-0.3, -0.25) is 14.5 Å². The molecule has 1 fully saturated rings. The fourth-order valence-corrected chi connectivity index (χ4v) is 5.29. The Balaban J connectivity index is 1.19. The molecule has 5 nitrogen and oxygen atoms in total. The molecule has 6 heteroatoms. The second kappa shape index (κ2) is 11.4. The average molecular weight is 538 g/mol. The van der Waals surface area contributed by atoms with E-state index in [0.29, 0.717) is 23.9 Å². The number of ether oxygens (including phenoxy) is 2. The first-order valence-corrected chi connectivity index (χ1v) is 13.8. The van der Waals surface area contributed by atoms with E-state index in [0.717, 1.165) is 39.4 Å². The molecule has 39 heavy (non-hydrogen) atoms. The number of carbonyl (C=O) groups is 2. The van der Waals surface area contributed by atoms with Crippen LogP contribution in [0.2, 0.25) is 0 Å². The molecule has 0 saturated carbocycles. The van der Waals surface area contributed by atoms with E-state index in [1.165, 1.54) is 10.5 Å². The molecule has 198 valence electrons. The zero-order valence-electron chi connectivity index (χ0n) is 22.3. The molecule has 1 heterocycles. The van der Waals surface area contributed by atoms with E-state index in [4.69, 9.17) is 9.47 Å². The molecular weight excluding hydrogens is 506 g/mol. The second-order valence-electron chi connectivity index (χ2n) is 10.4. The van der Waals surface area contributed by atoms with Crippen molar-refractivity contribution in [3.8, 4) is 11.5 Å². The van der Waals surface area contributed by atoms with Crippen LogP contribution < -0.4 is 9.47 Å². The Morgan fingerprint density at radius 1 is 0.795 bits per heavy atom. The van der Waals surface area contributed by atoms with Gasteiger partial charge in [-0.15, -0.1) is 0 Å². The summed E-state index contributed by atoms with van der Waals surface area (Å²) in [6, 6.07) is 29.5. The lowest BCUT2D eigenvalue weighted by Crippen LogP contribution is -2.27. The Hall–Kier alpha value is -4.03. The minimum Gasteiger partial charge on any atom is -0.490 e. The van der Waals surface area contributed by atoms with Gasteiger partial charge in [0.2, 0.25) is 0 Å². The molecule has 5 rings (SSSR count). The third kappa shape index (κ3) is 6.35. The lowest BCUT2D eigenvalue weighted by atomic mass is 9.87. The van der Waals surface area contributed by atoms with Crippen molar-refractivity contribution in [2.24, 2.45) is 0 Å². The smallest absolute Gasteiger partial charge is 0.293 e. The van der Waals surface area contributed by atoms with Crippen molar-refractivity contribution in [2.75, 3.05) is 13.2 Å². The summed E-state index contributed by atoms with van der Waals surface area (Å²) in [6.07, 6.45) is 1.74. The van der Waals surface area contributed by atoms with Gasteiger partial charge in [0.15, 0.2) is 0 Å². The number of rotatable bonds is 8. The molecule has 0 aliphatic carbocycles. The van der Waals surface area contributed by atoms with Crippen molar-refractivity contribution in [1.82, 2.24) is 4.90 Å². The van der Waals surface area contributed by atoms with Gasteiger partial charge in [0.1, 0.15) is 24.7 Å². The normalized spacial score (nSPS) is 14.8. The largest absolute Gasteiger partial charge is 0.490 e. The van der Waals surface area contributed by atoms with Crippen LogP contribution >= 0.6 is 11.8 Å². The molecule has 0 aromatic heterocycles. The predicted octanol–water partition coefficient (Wildman–Crippen LogP) is 7.83. The minimum absolute atomic E-state index is 0.103. The first kappa shape index (κ1) is 26.6. The number of carbonyl (C=O) groups excluding carboxylic acids is 2. The van der Waals surface area contributed by atoms with E-state index < -0.39 is 0 Å². The number of benzene rings is 4. The third-order valence-electron chi connectivity index (χ3n) is 6.58. The van der Waals surface area contributed by atoms with Crippen molar-refractivity contribution >= 4 is 39.8 Å². The van der Waals surface area contributed by atoms with Crippen molar-refractivity contribution < 1.29 is 19.1 Å². The molecule has 4 aromatic rings. The first-order chi connectivity index (χ1) is 18.8. The van der Waals surface area contributed by atoms with Gasteiger partial charge in [-0.05, 0) is 75.0 Å². The summed E-state index contributed by atoms with van der Waals surface area (Å²) in [7, 11) is 0. The Kier molecular flexibility index (Phi) is 7.75. The Labute approximate surface area is 233 Å². The molecule has 0 radical (unpaired) electrons. The molecule has 2 amide bonds. The highest BCUT2D eigenvalue weighted by Gasteiger charge is 2.35. The first-order valence-electron chi connectivity index (χ1n) is 13.0. The predicted molar refractivity (Wildman–Crippen MR) is 158 cm³/mol. The molecular formula is C33H31NO4S. The maximum atomic E-state index is 13.1. The lowest BCUT2D eigenvalue weighted by Gasteiger charge is -2.19. The quantitative estimate of drug-likeness (QED) is 0.169. The fourth-order valence-electron chi connectivity index (χ4n) is 4.45. The summed E-state index contributed by atoms with van der Waals surface area (Å²) in [5.41, 5.74) is 3.10. The van der Waals surface area contributed by atoms with Gasteiger partial charge in [0.25, 0.3) is 11.1 Å². The van der Waals surface area contributed by atoms with E-state index in [2.05, 4.69) is 32.9 Å². The fraction of sp³-hybridized carbons (Fsp3) is 0.212. The van der Waals surface area contributed by atoms with E-state index >= 15 is 0 Å². The van der Waals surface area contributed by atoms with Gasteiger partial charge >= 0.3 is 0 Å². The molecule has 0 atom stereocenters. The van der Waals surface area contributed by atoms with Crippen LogP contribution in [0.5, 0.6) is 11.5 Å². The topological polar surface area (TPSA) is 55.8 Å². The minimum atomic E-state index is -0.282. The van der Waals surface area contributed by atoms with Gasteiger partial charge in [-0.1, -0.05) is 87.5 Å². The summed E-state index contributed by atoms with van der Waals surface area (Å²) in [5, 5.41) is 1.86. The van der Waals surface area contributed by atoms with Gasteiger partial charge in [0.05, 0.1) is 11.4 Å². The van der Waals surface area contributed by atoms with Gasteiger partial charge in [0, 0.05) is 0 Å². The van der Waals surface area contributed by atoms with Crippen LogP contribution in [0.4, 0.5) is 4.79 Å². The van der Waals surface area contributed by atoms with Crippen LogP contribution in [-0.2, 0) is 16.8 Å². The molecule has 1 aliphatic heterocycles. The molecule has 0 unspecified atom stereocenters. The number of nitrogens with zero attached hydrogens (tertiary/aromatic N) is 1. The Morgan fingerprint density at radius 2 is 1.49 bits per heavy atom. The van der Waals surface area contributed by atoms with Gasteiger partial charge in [-0.25, -0.2) is 0 Å². The second-order valence-corrected chi connectivity index (χ2v) is 11.4. The molecule has 0 N–H and O–H groups in total. The average Bonchev–Trinajstić information content (AvgIpc) is 3.18. The van der Waals surface area contributed by atoms with E-state index in [1.54, 1.807) is 6.08 Å². The maximum Gasteiger partial charge on any atom is 0.293 e. The van der Waals surface area contributed by atoms with Crippen molar-refractivity contribution in [1.29, 1.82) is 0 Å². The summed E-state index contributed by atoms with van der Waals surface area (Å²) in [5.74, 6) is 1.19. The highest BCUT2D eigenvalue weighted by Crippen LogP contribution is 2.34. The zero-order valence-corrected chi connectivity index (χ0v) is 23.2. The van der Waals surface area contributed by atoms with Crippen molar-refractivity contribution in [3.05, 3.63) is 113 Å². The zero-order chi connectivity index (χ0) is 27.4. The summed E-state index contributed by atoms with van der Waals surface area (Å²) >= 11 is 0.966. The summed E-state index contributed by atoms with van der Waals surface area (Å²) in [4.78, 5) is 27.6. The SMILES string of the molecule is CC(C)(C)c1ccc(OCCOc2cccc(/C=C3\SC(=O)N(Cc4cccc5ccccc45)C3=O)c2)cc1. The Bertz CT molecular complexity index is 1530. The lowest BCUT2D eigenvalue weighted by molar-refractivity contribution is -0.123. The van der Waals surface area contributed by atoms with Crippen molar-refractivity contribution in [2.45, 2.75) is 32.7 Å². The maximum absolute atomic E-state index is 13.1. The van der Waals surface area contributed by atoms with E-state index in [-0.39, 0.29) is 23.1 Å².